The summed E-state index contributed by atoms with van der Waals surface area (Å²) in [6, 6.07) is 6.18. The third-order valence-electron chi connectivity index (χ3n) is 3.03. The van der Waals surface area contributed by atoms with Gasteiger partial charge in [-0.1, -0.05) is 0 Å². The molecular weight excluding hydrogens is 219 g/mol. The van der Waals surface area contributed by atoms with Crippen LogP contribution in [0.4, 0.5) is 10.2 Å². The van der Waals surface area contributed by atoms with Crippen molar-refractivity contribution in [3.8, 4) is 5.69 Å². The summed E-state index contributed by atoms with van der Waals surface area (Å²) in [5, 5.41) is 4.47. The summed E-state index contributed by atoms with van der Waals surface area (Å²) in [7, 11) is 2.03. The number of nitrogens with zero attached hydrogens (tertiary/aromatic N) is 3. The van der Waals surface area contributed by atoms with Crippen molar-refractivity contribution in [2.24, 2.45) is 0 Å². The quantitative estimate of drug-likeness (QED) is 0.811. The molecule has 0 atom stereocenters. The lowest BCUT2D eigenvalue weighted by Gasteiger charge is -2.09. The van der Waals surface area contributed by atoms with E-state index in [-0.39, 0.29) is 5.82 Å². The molecule has 2 aromatic rings. The summed E-state index contributed by atoms with van der Waals surface area (Å²) in [5.41, 5.74) is 8.95. The molecule has 2 heterocycles. The van der Waals surface area contributed by atoms with E-state index in [1.165, 1.54) is 12.1 Å². The van der Waals surface area contributed by atoms with E-state index >= 15 is 0 Å². The number of benzene rings is 1. The van der Waals surface area contributed by atoms with Crippen molar-refractivity contribution in [3.05, 3.63) is 41.3 Å². The molecule has 1 aliphatic heterocycles. The largest absolute Gasteiger partial charge is 0.383 e. The highest BCUT2D eigenvalue weighted by atomic mass is 19.1. The number of fused-ring (bicyclic) bond motifs is 1. The SMILES string of the molecule is CN1Cc2nn(-c3ccc(F)cc3)c(N)c2C1. The fourth-order valence-corrected chi connectivity index (χ4v) is 2.17. The maximum atomic E-state index is 12.8. The molecule has 88 valence electrons. The average Bonchev–Trinajstić information content (AvgIpc) is 2.79. The average molecular weight is 232 g/mol. The molecule has 0 fully saturated rings. The standard InChI is InChI=1S/C12H13FN4/c1-16-6-10-11(7-16)15-17(12(10)14)9-4-2-8(13)3-5-9/h2-5H,6-7,14H2,1H3. The zero-order chi connectivity index (χ0) is 12.0. The van der Waals surface area contributed by atoms with Crippen LogP contribution in [0.5, 0.6) is 0 Å². The maximum Gasteiger partial charge on any atom is 0.132 e. The molecule has 4 nitrogen and oxygen atoms in total. The van der Waals surface area contributed by atoms with Crippen molar-refractivity contribution in [1.29, 1.82) is 0 Å². The number of hydrogen-bond donors (Lipinski definition) is 1. The molecule has 0 aliphatic carbocycles. The van der Waals surface area contributed by atoms with Gasteiger partial charge in [0, 0.05) is 18.7 Å². The van der Waals surface area contributed by atoms with Crippen molar-refractivity contribution in [2.75, 3.05) is 12.8 Å². The Bertz CT molecular complexity index is 559. The van der Waals surface area contributed by atoms with Gasteiger partial charge < -0.3 is 5.73 Å². The van der Waals surface area contributed by atoms with Crippen molar-refractivity contribution in [3.63, 3.8) is 0 Å². The van der Waals surface area contributed by atoms with Gasteiger partial charge in [0.05, 0.1) is 11.4 Å². The predicted molar refractivity (Wildman–Crippen MR) is 63.1 cm³/mol. The van der Waals surface area contributed by atoms with Gasteiger partial charge >= 0.3 is 0 Å². The van der Waals surface area contributed by atoms with Gasteiger partial charge in [-0.15, -0.1) is 0 Å². The Hall–Kier alpha value is -1.88. The van der Waals surface area contributed by atoms with Crippen LogP contribution >= 0.6 is 0 Å². The molecule has 0 saturated carbocycles. The molecule has 17 heavy (non-hydrogen) atoms. The molecule has 0 unspecified atom stereocenters. The lowest BCUT2D eigenvalue weighted by Crippen LogP contribution is -2.12. The molecule has 0 saturated heterocycles. The molecule has 2 N–H and O–H groups in total. The second kappa shape index (κ2) is 3.56. The second-order valence-electron chi connectivity index (χ2n) is 4.37. The van der Waals surface area contributed by atoms with Gasteiger partial charge in [0.2, 0.25) is 0 Å². The van der Waals surface area contributed by atoms with Gasteiger partial charge in [0.15, 0.2) is 0 Å². The molecule has 0 bridgehead atoms. The molecule has 1 aromatic heterocycles. The fraction of sp³-hybridized carbons (Fsp3) is 0.250. The summed E-state index contributed by atoms with van der Waals surface area (Å²) < 4.78 is 14.5. The van der Waals surface area contributed by atoms with Crippen LogP contribution in [-0.4, -0.2) is 21.7 Å². The third kappa shape index (κ3) is 1.59. The van der Waals surface area contributed by atoms with E-state index in [4.69, 9.17) is 5.73 Å². The minimum atomic E-state index is -0.258. The topological polar surface area (TPSA) is 47.1 Å². The number of nitrogens with two attached hydrogens (primary N) is 1. The Morgan fingerprint density at radius 1 is 1.24 bits per heavy atom. The summed E-state index contributed by atoms with van der Waals surface area (Å²) in [5.74, 6) is 0.391. The smallest absolute Gasteiger partial charge is 0.132 e. The van der Waals surface area contributed by atoms with Crippen LogP contribution in [0, 0.1) is 5.82 Å². The number of hydrogen-bond acceptors (Lipinski definition) is 3. The molecule has 0 radical (unpaired) electrons. The number of nitrogen functional groups attached to an aromatic ring is 1. The van der Waals surface area contributed by atoms with Crippen LogP contribution in [0.3, 0.4) is 0 Å². The highest BCUT2D eigenvalue weighted by Gasteiger charge is 2.24. The normalized spacial score (nSPS) is 15.2. The first kappa shape index (κ1) is 10.3. The number of anilines is 1. The van der Waals surface area contributed by atoms with E-state index in [0.29, 0.717) is 5.82 Å². The Morgan fingerprint density at radius 2 is 1.94 bits per heavy atom. The summed E-state index contributed by atoms with van der Waals surface area (Å²) in [4.78, 5) is 2.16. The van der Waals surface area contributed by atoms with E-state index in [9.17, 15) is 4.39 Å². The minimum absolute atomic E-state index is 0.258. The minimum Gasteiger partial charge on any atom is -0.383 e. The second-order valence-corrected chi connectivity index (χ2v) is 4.37. The molecule has 5 heteroatoms. The van der Waals surface area contributed by atoms with E-state index in [1.54, 1.807) is 16.8 Å². The van der Waals surface area contributed by atoms with Crippen LogP contribution in [0.25, 0.3) is 5.69 Å². The predicted octanol–water partition coefficient (Wildman–Crippen LogP) is 1.54. The summed E-state index contributed by atoms with van der Waals surface area (Å²) >= 11 is 0. The zero-order valence-electron chi connectivity index (χ0n) is 9.52. The van der Waals surface area contributed by atoms with Gasteiger partial charge in [0.1, 0.15) is 11.6 Å². The molecule has 1 aromatic carbocycles. The Labute approximate surface area is 98.4 Å². The van der Waals surface area contributed by atoms with Gasteiger partial charge in [-0.3, -0.25) is 4.90 Å². The molecule has 1 aliphatic rings. The zero-order valence-corrected chi connectivity index (χ0v) is 9.52. The Kier molecular flexibility index (Phi) is 2.16. The van der Waals surface area contributed by atoms with E-state index < -0.39 is 0 Å². The lowest BCUT2D eigenvalue weighted by molar-refractivity contribution is 0.348. The van der Waals surface area contributed by atoms with Crippen molar-refractivity contribution in [1.82, 2.24) is 14.7 Å². The summed E-state index contributed by atoms with van der Waals surface area (Å²) in [6.45, 7) is 1.64. The molecule has 0 amide bonds. The van der Waals surface area contributed by atoms with Gasteiger partial charge in [0.25, 0.3) is 0 Å². The van der Waals surface area contributed by atoms with Crippen molar-refractivity contribution in [2.45, 2.75) is 13.1 Å². The number of aromatic nitrogens is 2. The number of halogens is 1. The van der Waals surface area contributed by atoms with Crippen LogP contribution < -0.4 is 5.73 Å². The maximum absolute atomic E-state index is 12.8. The first-order valence-electron chi connectivity index (χ1n) is 5.46. The van der Waals surface area contributed by atoms with Crippen LogP contribution in [0.15, 0.2) is 24.3 Å². The Morgan fingerprint density at radius 3 is 2.59 bits per heavy atom. The van der Waals surface area contributed by atoms with Crippen molar-refractivity contribution >= 4 is 5.82 Å². The Balaban J connectivity index is 2.06. The molecule has 3 rings (SSSR count). The van der Waals surface area contributed by atoms with E-state index in [2.05, 4.69) is 10.00 Å². The molecule has 0 spiro atoms. The number of rotatable bonds is 1. The van der Waals surface area contributed by atoms with Crippen LogP contribution in [0.1, 0.15) is 11.3 Å². The van der Waals surface area contributed by atoms with Gasteiger partial charge in [-0.2, -0.15) is 5.10 Å². The lowest BCUT2D eigenvalue weighted by atomic mass is 10.3. The van der Waals surface area contributed by atoms with E-state index in [1.807, 2.05) is 7.05 Å². The van der Waals surface area contributed by atoms with Crippen LogP contribution in [-0.2, 0) is 13.1 Å². The van der Waals surface area contributed by atoms with Gasteiger partial charge in [-0.05, 0) is 31.3 Å². The third-order valence-corrected chi connectivity index (χ3v) is 3.03. The highest BCUT2D eigenvalue weighted by Crippen LogP contribution is 2.28. The first-order chi connectivity index (χ1) is 8.15. The fourth-order valence-electron chi connectivity index (χ4n) is 2.17. The summed E-state index contributed by atoms with van der Waals surface area (Å²) in [6.07, 6.45) is 0. The highest BCUT2D eigenvalue weighted by molar-refractivity contribution is 5.51. The monoisotopic (exact) mass is 232 g/mol. The van der Waals surface area contributed by atoms with Crippen molar-refractivity contribution < 1.29 is 4.39 Å². The van der Waals surface area contributed by atoms with E-state index in [0.717, 1.165) is 30.0 Å². The first-order valence-corrected chi connectivity index (χ1v) is 5.46. The molecular formula is C12H13FN4. The van der Waals surface area contributed by atoms with Gasteiger partial charge in [-0.25, -0.2) is 9.07 Å². The van der Waals surface area contributed by atoms with Crippen LogP contribution in [0.2, 0.25) is 0 Å².